The number of benzene rings is 1. The highest BCUT2D eigenvalue weighted by Crippen LogP contribution is 2.35. The third-order valence-corrected chi connectivity index (χ3v) is 6.73. The van der Waals surface area contributed by atoms with Crippen molar-refractivity contribution in [2.24, 2.45) is 0 Å². The predicted octanol–water partition coefficient (Wildman–Crippen LogP) is 4.14. The topological polar surface area (TPSA) is 122 Å². The minimum Gasteiger partial charge on any atom is -0.374 e. The van der Waals surface area contributed by atoms with Crippen molar-refractivity contribution in [3.05, 3.63) is 55.5 Å². The van der Waals surface area contributed by atoms with Crippen molar-refractivity contribution >= 4 is 50.7 Å². The molecule has 10 nitrogen and oxygen atoms in total. The van der Waals surface area contributed by atoms with Gasteiger partial charge in [-0.25, -0.2) is 9.97 Å². The largest absolute Gasteiger partial charge is 0.374 e. The molecule has 2 aliphatic heterocycles. The molecule has 1 aromatic heterocycles. The van der Waals surface area contributed by atoms with Crippen LogP contribution in [0.15, 0.2) is 29.0 Å². The van der Waals surface area contributed by atoms with Crippen molar-refractivity contribution in [1.29, 1.82) is 0 Å². The molecule has 12 heteroatoms. The van der Waals surface area contributed by atoms with Crippen LogP contribution >= 0.6 is 27.5 Å². The Hall–Kier alpha value is -2.79. The van der Waals surface area contributed by atoms with E-state index in [9.17, 15) is 19.7 Å². The highest BCUT2D eigenvalue weighted by Gasteiger charge is 2.31. The van der Waals surface area contributed by atoms with Crippen molar-refractivity contribution in [3.8, 4) is 0 Å². The second-order valence-electron chi connectivity index (χ2n) is 8.43. The molecule has 1 atom stereocenters. The smallest absolute Gasteiger partial charge is 0.294 e. The van der Waals surface area contributed by atoms with Crippen LogP contribution in [0, 0.1) is 10.1 Å². The Labute approximate surface area is 210 Å². The highest BCUT2D eigenvalue weighted by atomic mass is 79.9. The van der Waals surface area contributed by atoms with Crippen LogP contribution in [0.25, 0.3) is 0 Å². The van der Waals surface area contributed by atoms with E-state index in [4.69, 9.17) is 11.6 Å². The van der Waals surface area contributed by atoms with E-state index in [0.29, 0.717) is 49.1 Å². The van der Waals surface area contributed by atoms with Gasteiger partial charge in [0.15, 0.2) is 0 Å². The Balaban J connectivity index is 1.59. The lowest BCUT2D eigenvalue weighted by Crippen LogP contribution is -2.45. The molecule has 180 valence electrons. The number of rotatable bonds is 5. The number of piperidine rings is 2. The first-order valence-corrected chi connectivity index (χ1v) is 12.3. The summed E-state index contributed by atoms with van der Waals surface area (Å²) in [6.45, 7) is 2.13. The van der Waals surface area contributed by atoms with Crippen molar-refractivity contribution in [3.63, 3.8) is 0 Å². The van der Waals surface area contributed by atoms with Gasteiger partial charge in [-0.3, -0.25) is 19.7 Å². The van der Waals surface area contributed by atoms with E-state index in [0.717, 1.165) is 19.3 Å². The molecule has 0 bridgehead atoms. The van der Waals surface area contributed by atoms with Crippen LogP contribution in [0.3, 0.4) is 0 Å². The lowest BCUT2D eigenvalue weighted by Gasteiger charge is -2.34. The van der Waals surface area contributed by atoms with Crippen LogP contribution in [0.4, 0.5) is 11.4 Å². The number of anilines is 1. The second-order valence-corrected chi connectivity index (χ2v) is 9.69. The quantitative estimate of drug-likeness (QED) is 0.337. The van der Waals surface area contributed by atoms with Gasteiger partial charge in [0, 0.05) is 55.2 Å². The number of hydrogen-bond acceptors (Lipinski definition) is 7. The second kappa shape index (κ2) is 10.6. The Morgan fingerprint density at radius 1 is 1.06 bits per heavy atom. The summed E-state index contributed by atoms with van der Waals surface area (Å²) in [7, 11) is 0. The summed E-state index contributed by atoms with van der Waals surface area (Å²) >= 11 is 9.03. The van der Waals surface area contributed by atoms with E-state index in [-0.39, 0.29) is 40.1 Å². The lowest BCUT2D eigenvalue weighted by atomic mass is 10.0. The van der Waals surface area contributed by atoms with E-state index in [1.54, 1.807) is 15.9 Å². The van der Waals surface area contributed by atoms with Gasteiger partial charge in [0.2, 0.25) is 5.28 Å². The Morgan fingerprint density at radius 3 is 2.41 bits per heavy atom. The van der Waals surface area contributed by atoms with Crippen molar-refractivity contribution in [1.82, 2.24) is 19.8 Å². The molecule has 2 aliphatic rings. The van der Waals surface area contributed by atoms with Crippen LogP contribution in [0.5, 0.6) is 0 Å². The standard InChI is InChI=1S/C22H24BrClN6O4/c23-15-9-17(21(32)28-6-2-1-3-7-28)19(18(10-15)30(33)34)27-16-5-4-8-29(13-16)20(31)14-11-25-22(24)26-12-14/h9-12,16,27H,1-8,13H2/t16-/m1/s1. The van der Waals surface area contributed by atoms with E-state index >= 15 is 0 Å². The van der Waals surface area contributed by atoms with Gasteiger partial charge < -0.3 is 15.1 Å². The molecule has 2 amide bonds. The minimum atomic E-state index is -0.489. The first-order valence-electron chi connectivity index (χ1n) is 11.1. The molecule has 1 N–H and O–H groups in total. The van der Waals surface area contributed by atoms with E-state index < -0.39 is 4.92 Å². The number of likely N-dealkylation sites (tertiary alicyclic amines) is 2. The number of hydrogen-bond donors (Lipinski definition) is 1. The fourth-order valence-corrected chi connectivity index (χ4v) is 4.96. The van der Waals surface area contributed by atoms with Crippen LogP contribution in [-0.2, 0) is 0 Å². The summed E-state index contributed by atoms with van der Waals surface area (Å²) in [6.07, 6.45) is 7.06. The molecule has 2 saturated heterocycles. The fourth-order valence-electron chi connectivity index (χ4n) is 4.41. The monoisotopic (exact) mass is 550 g/mol. The maximum Gasteiger partial charge on any atom is 0.294 e. The first kappa shape index (κ1) is 24.3. The van der Waals surface area contributed by atoms with Gasteiger partial charge in [-0.15, -0.1) is 0 Å². The molecule has 0 aliphatic carbocycles. The Kier molecular flexibility index (Phi) is 7.62. The van der Waals surface area contributed by atoms with E-state index in [1.807, 2.05) is 0 Å². The van der Waals surface area contributed by atoms with Crippen LogP contribution < -0.4 is 5.32 Å². The number of halogens is 2. The molecule has 0 spiro atoms. The summed E-state index contributed by atoms with van der Waals surface area (Å²) in [5, 5.41) is 15.2. The summed E-state index contributed by atoms with van der Waals surface area (Å²) in [5.41, 5.74) is 0.598. The number of carbonyl (C=O) groups excluding carboxylic acids is 2. The number of nitro benzene ring substituents is 1. The number of aromatic nitrogens is 2. The molecule has 4 rings (SSSR count). The van der Waals surface area contributed by atoms with Crippen LogP contribution in [-0.4, -0.2) is 68.7 Å². The predicted molar refractivity (Wildman–Crippen MR) is 130 cm³/mol. The molecule has 1 aromatic carbocycles. The van der Waals surface area contributed by atoms with Crippen molar-refractivity contribution in [2.75, 3.05) is 31.5 Å². The average molecular weight is 552 g/mol. The van der Waals surface area contributed by atoms with Gasteiger partial charge in [-0.2, -0.15) is 0 Å². The zero-order valence-electron chi connectivity index (χ0n) is 18.4. The molecular formula is C22H24BrClN6O4. The number of carbonyl (C=O) groups is 2. The van der Waals surface area contributed by atoms with Gasteiger partial charge in [0.25, 0.3) is 17.5 Å². The number of amides is 2. The summed E-state index contributed by atoms with van der Waals surface area (Å²) in [5.74, 6) is -0.466. The minimum absolute atomic E-state index is 0.0585. The molecule has 0 radical (unpaired) electrons. The molecule has 3 heterocycles. The summed E-state index contributed by atoms with van der Waals surface area (Å²) < 4.78 is 0.466. The molecule has 0 saturated carbocycles. The van der Waals surface area contributed by atoms with Gasteiger partial charge >= 0.3 is 0 Å². The number of nitrogens with zero attached hydrogens (tertiary/aromatic N) is 5. The Morgan fingerprint density at radius 2 is 1.74 bits per heavy atom. The molecule has 34 heavy (non-hydrogen) atoms. The first-order chi connectivity index (χ1) is 16.3. The number of nitrogens with one attached hydrogen (secondary N) is 1. The third-order valence-electron chi connectivity index (χ3n) is 6.08. The maximum atomic E-state index is 13.3. The molecule has 2 aromatic rings. The summed E-state index contributed by atoms with van der Waals surface area (Å²) in [6, 6.07) is 2.76. The summed E-state index contributed by atoms with van der Waals surface area (Å²) in [4.78, 5) is 48.8. The Bertz CT molecular complexity index is 1090. The van der Waals surface area contributed by atoms with Crippen molar-refractivity contribution < 1.29 is 14.5 Å². The van der Waals surface area contributed by atoms with Gasteiger partial charge in [0.1, 0.15) is 5.69 Å². The zero-order chi connectivity index (χ0) is 24.2. The molecular weight excluding hydrogens is 528 g/mol. The maximum absolute atomic E-state index is 13.3. The van der Waals surface area contributed by atoms with Crippen LogP contribution in [0.2, 0.25) is 5.28 Å². The fraction of sp³-hybridized carbons (Fsp3) is 0.455. The number of nitro groups is 1. The normalized spacial score (nSPS) is 18.5. The SMILES string of the molecule is O=C(c1cnc(Cl)nc1)N1CCC[C@@H](Nc2c(C(=O)N3CCCCC3)cc(Br)cc2[N+](=O)[O-])C1. The van der Waals surface area contributed by atoms with E-state index in [2.05, 4.69) is 31.2 Å². The molecule has 2 fully saturated rings. The van der Waals surface area contributed by atoms with Crippen molar-refractivity contribution in [2.45, 2.75) is 38.1 Å². The average Bonchev–Trinajstić information content (AvgIpc) is 2.85. The van der Waals surface area contributed by atoms with E-state index in [1.165, 1.54) is 18.5 Å². The van der Waals surface area contributed by atoms with Crippen LogP contribution in [0.1, 0.15) is 52.8 Å². The zero-order valence-corrected chi connectivity index (χ0v) is 20.7. The third kappa shape index (κ3) is 5.47. The van der Waals surface area contributed by atoms with Gasteiger partial charge in [-0.1, -0.05) is 15.9 Å². The van der Waals surface area contributed by atoms with Gasteiger partial charge in [0.05, 0.1) is 16.1 Å². The molecule has 0 unspecified atom stereocenters. The highest BCUT2D eigenvalue weighted by molar-refractivity contribution is 9.10. The lowest BCUT2D eigenvalue weighted by molar-refractivity contribution is -0.384. The van der Waals surface area contributed by atoms with Gasteiger partial charge in [-0.05, 0) is 49.8 Å².